The lowest BCUT2D eigenvalue weighted by Crippen LogP contribution is -2.08. The summed E-state index contributed by atoms with van der Waals surface area (Å²) in [6.45, 7) is 0. The zero-order valence-corrected chi connectivity index (χ0v) is 5.84. The second-order valence-corrected chi connectivity index (χ2v) is 2.08. The molecule has 2 heteroatoms. The molecule has 1 aliphatic carbocycles. The molecule has 0 N–H and O–H groups in total. The van der Waals surface area contributed by atoms with Crippen LogP contribution in [0, 0.1) is 0 Å². The third kappa shape index (κ3) is 2.20. The summed E-state index contributed by atoms with van der Waals surface area (Å²) in [6, 6.07) is 0.281. The van der Waals surface area contributed by atoms with Crippen LogP contribution in [0.1, 0.15) is 6.42 Å². The van der Waals surface area contributed by atoms with Gasteiger partial charge in [0.05, 0.1) is 6.10 Å². The summed E-state index contributed by atoms with van der Waals surface area (Å²) in [6.07, 6.45) is 9.20. The van der Waals surface area contributed by atoms with Gasteiger partial charge in [-0.2, -0.15) is 0 Å². The minimum absolute atomic E-state index is 0.201. The van der Waals surface area contributed by atoms with E-state index in [0.717, 1.165) is 6.42 Å². The number of ether oxygens (including phenoxy) is 1. The first-order valence-corrected chi connectivity index (χ1v) is 3.48. The van der Waals surface area contributed by atoms with Crippen molar-refractivity contribution in [2.45, 2.75) is 12.5 Å². The molecular weight excluding hydrogens is 136 g/mol. The van der Waals surface area contributed by atoms with Crippen LogP contribution in [-0.4, -0.2) is 12.2 Å². The summed E-state index contributed by atoms with van der Waals surface area (Å²) in [5.41, 5.74) is 0. The maximum absolute atomic E-state index is 5.35. The number of halogens is 1. The fourth-order valence-electron chi connectivity index (χ4n) is 0.762. The molecule has 1 unspecified atom stereocenters. The van der Waals surface area contributed by atoms with Gasteiger partial charge in [-0.15, -0.1) is 0 Å². The van der Waals surface area contributed by atoms with Crippen molar-refractivity contribution >= 4 is 11.6 Å². The van der Waals surface area contributed by atoms with Crippen molar-refractivity contribution in [3.8, 4) is 0 Å². The molecule has 0 fully saturated rings. The highest BCUT2D eigenvalue weighted by Crippen LogP contribution is 2.07. The Labute approximate surface area is 60.0 Å². The van der Waals surface area contributed by atoms with Crippen LogP contribution in [0.2, 0.25) is 0 Å². The summed E-state index contributed by atoms with van der Waals surface area (Å²) in [5.74, 6) is 0. The molecule has 0 aromatic rings. The van der Waals surface area contributed by atoms with E-state index >= 15 is 0 Å². The van der Waals surface area contributed by atoms with Gasteiger partial charge in [-0.1, -0.05) is 35.9 Å². The van der Waals surface area contributed by atoms with Gasteiger partial charge in [0.15, 0.2) is 0 Å². The summed E-state index contributed by atoms with van der Waals surface area (Å²) in [4.78, 5) is 0. The molecule has 50 valence electrons. The van der Waals surface area contributed by atoms with Gasteiger partial charge in [0.2, 0.25) is 0 Å². The van der Waals surface area contributed by atoms with E-state index in [-0.39, 0.29) is 12.2 Å². The molecule has 0 aliphatic heterocycles. The highest BCUT2D eigenvalue weighted by atomic mass is 35.5. The molecule has 0 aromatic carbocycles. The Kier molecular flexibility index (Phi) is 2.81. The Balaban J connectivity index is 2.28. The van der Waals surface area contributed by atoms with Crippen molar-refractivity contribution in [2.24, 2.45) is 0 Å². The van der Waals surface area contributed by atoms with Gasteiger partial charge in [-0.3, -0.25) is 0 Å². The van der Waals surface area contributed by atoms with Gasteiger partial charge in [-0.25, -0.2) is 0 Å². The lowest BCUT2D eigenvalue weighted by molar-refractivity contribution is 0.125. The summed E-state index contributed by atoms with van der Waals surface area (Å²) in [7, 11) is 0. The molecule has 0 bridgehead atoms. The van der Waals surface area contributed by atoms with E-state index in [4.69, 9.17) is 16.3 Å². The highest BCUT2D eigenvalue weighted by Gasteiger charge is 2.02. The molecule has 1 rings (SSSR count). The second kappa shape index (κ2) is 3.70. The van der Waals surface area contributed by atoms with Gasteiger partial charge in [0.25, 0.3) is 0 Å². The van der Waals surface area contributed by atoms with Gasteiger partial charge < -0.3 is 4.74 Å². The minimum Gasteiger partial charge on any atom is -0.358 e. The van der Waals surface area contributed by atoms with E-state index in [1.807, 2.05) is 18.2 Å². The molecule has 0 aromatic heterocycles. The van der Waals surface area contributed by atoms with Gasteiger partial charge in [0, 0.05) is 0 Å². The maximum Gasteiger partial charge on any atom is 0.121 e. The smallest absolute Gasteiger partial charge is 0.121 e. The number of alkyl halides is 1. The lowest BCUT2D eigenvalue weighted by atomic mass is 10.1. The van der Waals surface area contributed by atoms with Gasteiger partial charge in [-0.05, 0) is 6.42 Å². The van der Waals surface area contributed by atoms with Crippen LogP contribution in [-0.2, 0) is 4.74 Å². The Morgan fingerprint density at radius 1 is 1.56 bits per heavy atom. The molecule has 0 radical (unpaired) electrons. The van der Waals surface area contributed by atoms with Crippen molar-refractivity contribution < 1.29 is 4.74 Å². The van der Waals surface area contributed by atoms with Crippen molar-refractivity contribution in [1.82, 2.24) is 0 Å². The van der Waals surface area contributed by atoms with Crippen LogP contribution in [0.3, 0.4) is 0 Å². The van der Waals surface area contributed by atoms with Crippen molar-refractivity contribution in [2.75, 3.05) is 6.07 Å². The number of hydrogen-bond acceptors (Lipinski definition) is 1. The fraction of sp³-hybridized carbons (Fsp3) is 0.429. The van der Waals surface area contributed by atoms with E-state index in [0.29, 0.717) is 0 Å². The van der Waals surface area contributed by atoms with Crippen LogP contribution in [0.5, 0.6) is 0 Å². The van der Waals surface area contributed by atoms with Crippen molar-refractivity contribution in [3.05, 3.63) is 24.3 Å². The largest absolute Gasteiger partial charge is 0.358 e. The quantitative estimate of drug-likeness (QED) is 0.540. The van der Waals surface area contributed by atoms with Crippen LogP contribution >= 0.6 is 11.6 Å². The molecule has 0 heterocycles. The standard InChI is InChI=1S/C7H9ClO/c8-6-9-7-4-2-1-3-5-7/h1-4,7H,5-6H2. The predicted octanol–water partition coefficient (Wildman–Crippen LogP) is 2.08. The highest BCUT2D eigenvalue weighted by molar-refractivity contribution is 6.17. The van der Waals surface area contributed by atoms with Crippen LogP contribution < -0.4 is 0 Å². The molecule has 0 saturated carbocycles. The van der Waals surface area contributed by atoms with E-state index in [1.165, 1.54) is 0 Å². The predicted molar refractivity (Wildman–Crippen MR) is 38.5 cm³/mol. The molecule has 1 atom stereocenters. The van der Waals surface area contributed by atoms with E-state index in [2.05, 4.69) is 6.08 Å². The maximum atomic E-state index is 5.35. The van der Waals surface area contributed by atoms with Crippen LogP contribution in [0.25, 0.3) is 0 Å². The molecule has 9 heavy (non-hydrogen) atoms. The summed E-state index contributed by atoms with van der Waals surface area (Å²) >= 11 is 5.35. The number of allylic oxidation sites excluding steroid dienone is 2. The van der Waals surface area contributed by atoms with Gasteiger partial charge >= 0.3 is 0 Å². The van der Waals surface area contributed by atoms with Gasteiger partial charge in [0.1, 0.15) is 6.07 Å². The fourth-order valence-corrected chi connectivity index (χ4v) is 0.924. The topological polar surface area (TPSA) is 9.23 Å². The molecule has 0 saturated heterocycles. The minimum atomic E-state index is 0.201. The SMILES string of the molecule is ClCOC1C=CC=CC1. The van der Waals surface area contributed by atoms with Crippen LogP contribution in [0.4, 0.5) is 0 Å². The van der Waals surface area contributed by atoms with Crippen molar-refractivity contribution in [3.63, 3.8) is 0 Å². The van der Waals surface area contributed by atoms with E-state index < -0.39 is 0 Å². The first-order chi connectivity index (χ1) is 4.43. The second-order valence-electron chi connectivity index (χ2n) is 1.86. The molecule has 1 nitrogen and oxygen atoms in total. The molecule has 0 amide bonds. The summed E-state index contributed by atoms with van der Waals surface area (Å²) in [5, 5.41) is 0. The zero-order chi connectivity index (χ0) is 6.53. The third-order valence-corrected chi connectivity index (χ3v) is 1.34. The zero-order valence-electron chi connectivity index (χ0n) is 5.09. The van der Waals surface area contributed by atoms with E-state index in [1.54, 1.807) is 0 Å². The lowest BCUT2D eigenvalue weighted by Gasteiger charge is -2.10. The average Bonchev–Trinajstić information content (AvgIpc) is 1.91. The normalized spacial score (nSPS) is 24.8. The first kappa shape index (κ1) is 6.84. The number of rotatable bonds is 2. The Bertz CT molecular complexity index is 129. The molecule has 0 spiro atoms. The molecular formula is C7H9ClO. The first-order valence-electron chi connectivity index (χ1n) is 2.94. The number of hydrogen-bond donors (Lipinski definition) is 0. The Morgan fingerprint density at radius 3 is 3.00 bits per heavy atom. The molecule has 1 aliphatic rings. The monoisotopic (exact) mass is 144 g/mol. The average molecular weight is 145 g/mol. The van der Waals surface area contributed by atoms with Crippen molar-refractivity contribution in [1.29, 1.82) is 0 Å². The van der Waals surface area contributed by atoms with Crippen LogP contribution in [0.15, 0.2) is 24.3 Å². The summed E-state index contributed by atoms with van der Waals surface area (Å²) < 4.78 is 5.11. The third-order valence-electron chi connectivity index (χ3n) is 1.22. The Hall–Kier alpha value is -0.270. The van der Waals surface area contributed by atoms with E-state index in [9.17, 15) is 0 Å². The Morgan fingerprint density at radius 2 is 2.44 bits per heavy atom.